The molecule has 0 radical (unpaired) electrons. The molecule has 2 unspecified atom stereocenters. The van der Waals surface area contributed by atoms with Crippen LogP contribution in [0.5, 0.6) is 0 Å². The van der Waals surface area contributed by atoms with Gasteiger partial charge < -0.3 is 10.4 Å². The highest BCUT2D eigenvalue weighted by Crippen LogP contribution is 2.22. The van der Waals surface area contributed by atoms with Crippen molar-refractivity contribution in [2.75, 3.05) is 5.32 Å². The van der Waals surface area contributed by atoms with Crippen LogP contribution in [0.2, 0.25) is 0 Å². The van der Waals surface area contributed by atoms with Gasteiger partial charge in [0, 0.05) is 17.8 Å². The van der Waals surface area contributed by atoms with Crippen LogP contribution in [0.3, 0.4) is 0 Å². The highest BCUT2D eigenvalue weighted by atomic mass is 32.2. The Kier molecular flexibility index (Phi) is 6.37. The van der Waals surface area contributed by atoms with Gasteiger partial charge in [-0.25, -0.2) is 17.9 Å². The summed E-state index contributed by atoms with van der Waals surface area (Å²) in [5.74, 6) is -1.16. The van der Waals surface area contributed by atoms with Crippen molar-refractivity contribution in [3.05, 3.63) is 23.8 Å². The lowest BCUT2D eigenvalue weighted by Crippen LogP contribution is -2.32. The SMILES string of the molecule is CCC(C)Nc1ccc(S(=O)(=O)NC(C)CC)cc1C(=O)O. The largest absolute Gasteiger partial charge is 0.478 e. The van der Waals surface area contributed by atoms with Gasteiger partial charge in [0.15, 0.2) is 0 Å². The van der Waals surface area contributed by atoms with E-state index in [2.05, 4.69) is 10.0 Å². The molecule has 124 valence electrons. The average molecular weight is 328 g/mol. The maximum atomic E-state index is 12.2. The van der Waals surface area contributed by atoms with Crippen molar-refractivity contribution < 1.29 is 18.3 Å². The van der Waals surface area contributed by atoms with Crippen LogP contribution in [0, 0.1) is 0 Å². The van der Waals surface area contributed by atoms with Gasteiger partial charge >= 0.3 is 5.97 Å². The summed E-state index contributed by atoms with van der Waals surface area (Å²) in [6.45, 7) is 7.54. The Morgan fingerprint density at radius 2 is 1.77 bits per heavy atom. The van der Waals surface area contributed by atoms with E-state index in [1.165, 1.54) is 18.2 Å². The summed E-state index contributed by atoms with van der Waals surface area (Å²) in [5, 5.41) is 12.4. The minimum atomic E-state index is -3.72. The van der Waals surface area contributed by atoms with E-state index in [4.69, 9.17) is 0 Å². The normalized spacial score (nSPS) is 14.4. The van der Waals surface area contributed by atoms with E-state index >= 15 is 0 Å². The van der Waals surface area contributed by atoms with Gasteiger partial charge in [0.25, 0.3) is 0 Å². The van der Waals surface area contributed by atoms with Gasteiger partial charge in [-0.15, -0.1) is 0 Å². The van der Waals surface area contributed by atoms with Crippen LogP contribution < -0.4 is 10.0 Å². The molecule has 0 saturated carbocycles. The smallest absolute Gasteiger partial charge is 0.337 e. The second kappa shape index (κ2) is 7.60. The van der Waals surface area contributed by atoms with Crippen molar-refractivity contribution in [3.8, 4) is 0 Å². The Hall–Kier alpha value is -1.60. The monoisotopic (exact) mass is 328 g/mol. The molecule has 0 spiro atoms. The third-order valence-electron chi connectivity index (χ3n) is 3.51. The van der Waals surface area contributed by atoms with E-state index in [1.54, 1.807) is 6.92 Å². The van der Waals surface area contributed by atoms with Crippen LogP contribution in [0.1, 0.15) is 50.9 Å². The number of anilines is 1. The van der Waals surface area contributed by atoms with E-state index in [9.17, 15) is 18.3 Å². The molecule has 2 atom stereocenters. The highest BCUT2D eigenvalue weighted by Gasteiger charge is 2.20. The van der Waals surface area contributed by atoms with E-state index in [0.29, 0.717) is 12.1 Å². The lowest BCUT2D eigenvalue weighted by atomic mass is 10.1. The minimum Gasteiger partial charge on any atom is -0.478 e. The minimum absolute atomic E-state index is 0.0418. The first-order valence-corrected chi connectivity index (χ1v) is 8.85. The van der Waals surface area contributed by atoms with Crippen LogP contribution in [-0.4, -0.2) is 31.6 Å². The van der Waals surface area contributed by atoms with Crippen molar-refractivity contribution in [2.45, 2.75) is 57.5 Å². The van der Waals surface area contributed by atoms with E-state index in [-0.39, 0.29) is 22.5 Å². The number of carbonyl (C=O) groups is 1. The van der Waals surface area contributed by atoms with Gasteiger partial charge in [0.1, 0.15) is 0 Å². The molecule has 0 heterocycles. The summed E-state index contributed by atoms with van der Waals surface area (Å²) in [6, 6.07) is 4.00. The molecule has 1 aromatic carbocycles. The van der Waals surface area contributed by atoms with Crippen LogP contribution in [0.4, 0.5) is 5.69 Å². The lowest BCUT2D eigenvalue weighted by molar-refractivity contribution is 0.0697. The van der Waals surface area contributed by atoms with Crippen LogP contribution in [0.15, 0.2) is 23.1 Å². The van der Waals surface area contributed by atoms with Crippen LogP contribution >= 0.6 is 0 Å². The lowest BCUT2D eigenvalue weighted by Gasteiger charge is -2.17. The second-order valence-electron chi connectivity index (χ2n) is 5.40. The number of rotatable bonds is 8. The molecule has 1 aromatic rings. The molecular formula is C15H24N2O4S. The summed E-state index contributed by atoms with van der Waals surface area (Å²) in [4.78, 5) is 11.4. The zero-order valence-electron chi connectivity index (χ0n) is 13.4. The summed E-state index contributed by atoms with van der Waals surface area (Å²) in [6.07, 6.45) is 1.48. The molecule has 0 aliphatic heterocycles. The molecule has 0 bridgehead atoms. The topological polar surface area (TPSA) is 95.5 Å². The summed E-state index contributed by atoms with van der Waals surface area (Å²) in [7, 11) is -3.72. The van der Waals surface area contributed by atoms with Gasteiger partial charge in [-0.1, -0.05) is 13.8 Å². The Labute approximate surface area is 132 Å². The molecule has 6 nitrogen and oxygen atoms in total. The number of hydrogen-bond donors (Lipinski definition) is 3. The van der Waals surface area contributed by atoms with Gasteiger partial charge in [-0.3, -0.25) is 0 Å². The fourth-order valence-electron chi connectivity index (χ4n) is 1.78. The number of nitrogens with one attached hydrogen (secondary N) is 2. The maximum Gasteiger partial charge on any atom is 0.337 e. The van der Waals surface area contributed by atoms with Crippen molar-refractivity contribution in [1.82, 2.24) is 4.72 Å². The number of sulfonamides is 1. The number of hydrogen-bond acceptors (Lipinski definition) is 4. The van der Waals surface area contributed by atoms with Crippen molar-refractivity contribution in [3.63, 3.8) is 0 Å². The zero-order valence-corrected chi connectivity index (χ0v) is 14.2. The predicted octanol–water partition coefficient (Wildman–Crippen LogP) is 2.67. The first kappa shape index (κ1) is 18.4. The molecule has 0 amide bonds. The number of benzene rings is 1. The molecule has 7 heteroatoms. The first-order chi connectivity index (χ1) is 10.2. The van der Waals surface area contributed by atoms with Crippen LogP contribution in [-0.2, 0) is 10.0 Å². The Morgan fingerprint density at radius 3 is 2.27 bits per heavy atom. The first-order valence-electron chi connectivity index (χ1n) is 7.37. The summed E-state index contributed by atoms with van der Waals surface area (Å²) >= 11 is 0. The maximum absolute atomic E-state index is 12.2. The quantitative estimate of drug-likeness (QED) is 0.682. The molecule has 1 rings (SSSR count). The number of carboxylic acid groups (broad SMARTS) is 1. The van der Waals surface area contributed by atoms with E-state index in [0.717, 1.165) is 6.42 Å². The average Bonchev–Trinajstić information content (AvgIpc) is 2.46. The molecular weight excluding hydrogens is 304 g/mol. The molecule has 0 saturated heterocycles. The molecule has 0 fully saturated rings. The standard InChI is InChI=1S/C15H24N2O4S/c1-5-10(3)16-14-8-7-12(9-13(14)15(18)19)22(20,21)17-11(4)6-2/h7-11,16-17H,5-6H2,1-4H3,(H,18,19). The van der Waals surface area contributed by atoms with E-state index < -0.39 is 16.0 Å². The van der Waals surface area contributed by atoms with Gasteiger partial charge in [0.2, 0.25) is 10.0 Å². The Morgan fingerprint density at radius 1 is 1.18 bits per heavy atom. The third-order valence-corrected chi connectivity index (χ3v) is 5.10. The highest BCUT2D eigenvalue weighted by molar-refractivity contribution is 7.89. The summed E-state index contributed by atoms with van der Waals surface area (Å²) < 4.78 is 27.0. The fourth-order valence-corrected chi connectivity index (χ4v) is 3.13. The van der Waals surface area contributed by atoms with Gasteiger partial charge in [-0.2, -0.15) is 0 Å². The molecule has 22 heavy (non-hydrogen) atoms. The molecule has 0 aliphatic carbocycles. The van der Waals surface area contributed by atoms with Crippen molar-refractivity contribution in [2.24, 2.45) is 0 Å². The van der Waals surface area contributed by atoms with Crippen LogP contribution in [0.25, 0.3) is 0 Å². The predicted molar refractivity (Wildman–Crippen MR) is 86.9 cm³/mol. The van der Waals surface area contributed by atoms with Gasteiger partial charge in [0.05, 0.1) is 10.5 Å². The van der Waals surface area contributed by atoms with E-state index in [1.807, 2.05) is 20.8 Å². The molecule has 0 aromatic heterocycles. The second-order valence-corrected chi connectivity index (χ2v) is 7.11. The number of carboxylic acids is 1. The van der Waals surface area contributed by atoms with Gasteiger partial charge in [-0.05, 0) is 44.9 Å². The zero-order chi connectivity index (χ0) is 16.9. The molecule has 3 N–H and O–H groups in total. The summed E-state index contributed by atoms with van der Waals surface area (Å²) in [5.41, 5.74) is 0.372. The van der Waals surface area contributed by atoms with Crippen molar-refractivity contribution in [1.29, 1.82) is 0 Å². The molecule has 0 aliphatic rings. The number of aromatic carboxylic acids is 1. The third kappa shape index (κ3) is 4.71. The Bertz CT molecular complexity index is 628. The van der Waals surface area contributed by atoms with Crippen molar-refractivity contribution >= 4 is 21.7 Å². The fraction of sp³-hybridized carbons (Fsp3) is 0.533. The Balaban J connectivity index is 3.20.